The second kappa shape index (κ2) is 4.75. The van der Waals surface area contributed by atoms with E-state index < -0.39 is 0 Å². The van der Waals surface area contributed by atoms with E-state index in [9.17, 15) is 4.79 Å². The lowest BCUT2D eigenvalue weighted by molar-refractivity contribution is -0.120. The van der Waals surface area contributed by atoms with Crippen molar-refractivity contribution in [2.45, 2.75) is 25.8 Å². The van der Waals surface area contributed by atoms with E-state index >= 15 is 0 Å². The fourth-order valence-electron chi connectivity index (χ4n) is 2.19. The number of carbonyl (C=O) groups is 1. The van der Waals surface area contributed by atoms with Crippen LogP contribution in [-0.2, 0) is 4.79 Å². The summed E-state index contributed by atoms with van der Waals surface area (Å²) in [5.74, 6) is 0.850. The van der Waals surface area contributed by atoms with Gasteiger partial charge in [-0.2, -0.15) is 0 Å². The molecule has 1 unspecified atom stereocenters. The number of hydrogen-bond donors (Lipinski definition) is 1. The molecule has 4 nitrogen and oxygen atoms in total. The third-order valence-electron chi connectivity index (χ3n) is 3.17. The maximum absolute atomic E-state index is 12.0. The molecule has 1 aliphatic heterocycles. The van der Waals surface area contributed by atoms with Crippen LogP contribution in [0.5, 0.6) is 5.75 Å². The highest BCUT2D eigenvalue weighted by Crippen LogP contribution is 2.26. The predicted molar refractivity (Wildman–Crippen MR) is 67.3 cm³/mol. The molecule has 0 saturated carbocycles. The summed E-state index contributed by atoms with van der Waals surface area (Å²) in [4.78, 5) is 13.7. The second-order valence-electron chi connectivity index (χ2n) is 4.39. The summed E-state index contributed by atoms with van der Waals surface area (Å²) in [6.45, 7) is 2.72. The topological polar surface area (TPSA) is 55.6 Å². The quantitative estimate of drug-likeness (QED) is 0.842. The first-order chi connectivity index (χ1) is 8.13. The van der Waals surface area contributed by atoms with E-state index in [4.69, 9.17) is 10.5 Å². The van der Waals surface area contributed by atoms with E-state index in [1.54, 1.807) is 12.0 Å². The number of nitrogens with zero attached hydrogens (tertiary/aromatic N) is 1. The van der Waals surface area contributed by atoms with Crippen molar-refractivity contribution >= 4 is 11.6 Å². The molecule has 4 heteroatoms. The molecule has 2 rings (SSSR count). The Morgan fingerprint density at radius 2 is 2.24 bits per heavy atom. The number of ether oxygens (including phenoxy) is 1. The molecule has 1 saturated heterocycles. The number of rotatable bonds is 2. The molecule has 1 aromatic rings. The second-order valence-corrected chi connectivity index (χ2v) is 4.39. The Morgan fingerprint density at radius 3 is 2.88 bits per heavy atom. The van der Waals surface area contributed by atoms with E-state index in [2.05, 4.69) is 0 Å². The summed E-state index contributed by atoms with van der Waals surface area (Å²) in [5, 5.41) is 0. The maximum Gasteiger partial charge on any atom is 0.243 e. The summed E-state index contributed by atoms with van der Waals surface area (Å²) < 4.78 is 5.21. The van der Waals surface area contributed by atoms with E-state index in [0.717, 1.165) is 36.4 Å². The predicted octanol–water partition coefficient (Wildman–Crippen LogP) is 1.46. The van der Waals surface area contributed by atoms with Gasteiger partial charge >= 0.3 is 0 Å². The van der Waals surface area contributed by atoms with Crippen LogP contribution in [0, 0.1) is 6.92 Å². The van der Waals surface area contributed by atoms with Gasteiger partial charge in [0.1, 0.15) is 5.75 Å². The van der Waals surface area contributed by atoms with Gasteiger partial charge < -0.3 is 15.4 Å². The number of nitrogens with two attached hydrogens (primary N) is 1. The first kappa shape index (κ1) is 11.9. The molecule has 1 atom stereocenters. The Morgan fingerprint density at radius 1 is 1.47 bits per heavy atom. The molecule has 1 amide bonds. The molecule has 0 radical (unpaired) electrons. The number of hydrogen-bond acceptors (Lipinski definition) is 3. The first-order valence-electron chi connectivity index (χ1n) is 5.85. The largest absolute Gasteiger partial charge is 0.496 e. The van der Waals surface area contributed by atoms with Crippen molar-refractivity contribution < 1.29 is 9.53 Å². The molecule has 92 valence electrons. The minimum Gasteiger partial charge on any atom is -0.496 e. The zero-order valence-corrected chi connectivity index (χ0v) is 10.3. The SMILES string of the molecule is COc1ccc(N2CCCC(N)C2=O)cc1C. The van der Waals surface area contributed by atoms with Gasteiger partial charge in [0.05, 0.1) is 13.2 Å². The monoisotopic (exact) mass is 234 g/mol. The summed E-state index contributed by atoms with van der Waals surface area (Å²) in [5.41, 5.74) is 7.72. The van der Waals surface area contributed by atoms with Crippen LogP contribution in [0.3, 0.4) is 0 Å². The number of carbonyl (C=O) groups excluding carboxylic acids is 1. The average Bonchev–Trinajstić information content (AvgIpc) is 2.32. The van der Waals surface area contributed by atoms with Gasteiger partial charge in [-0.25, -0.2) is 0 Å². The number of anilines is 1. The first-order valence-corrected chi connectivity index (χ1v) is 5.85. The molecule has 1 aromatic carbocycles. The van der Waals surface area contributed by atoms with Crippen LogP contribution in [0.15, 0.2) is 18.2 Å². The Kier molecular flexibility index (Phi) is 3.33. The highest BCUT2D eigenvalue weighted by atomic mass is 16.5. The highest BCUT2D eigenvalue weighted by molar-refractivity contribution is 5.97. The summed E-state index contributed by atoms with van der Waals surface area (Å²) in [6, 6.07) is 5.40. The molecule has 0 bridgehead atoms. The minimum absolute atomic E-state index is 0.0146. The molecule has 2 N–H and O–H groups in total. The van der Waals surface area contributed by atoms with Crippen molar-refractivity contribution in [2.75, 3.05) is 18.6 Å². The Bertz CT molecular complexity index is 431. The van der Waals surface area contributed by atoms with Gasteiger partial charge in [0, 0.05) is 12.2 Å². The summed E-state index contributed by atoms with van der Waals surface area (Å²) in [7, 11) is 1.64. The molecule has 1 aliphatic rings. The van der Waals surface area contributed by atoms with E-state index in [-0.39, 0.29) is 11.9 Å². The van der Waals surface area contributed by atoms with Crippen LogP contribution < -0.4 is 15.4 Å². The average molecular weight is 234 g/mol. The van der Waals surface area contributed by atoms with E-state index in [1.165, 1.54) is 0 Å². The zero-order valence-electron chi connectivity index (χ0n) is 10.3. The third kappa shape index (κ3) is 2.26. The molecule has 17 heavy (non-hydrogen) atoms. The van der Waals surface area contributed by atoms with Crippen LogP contribution in [0.1, 0.15) is 18.4 Å². The highest BCUT2D eigenvalue weighted by Gasteiger charge is 2.26. The molecule has 1 heterocycles. The van der Waals surface area contributed by atoms with Crippen molar-refractivity contribution in [1.82, 2.24) is 0 Å². The fourth-order valence-corrected chi connectivity index (χ4v) is 2.19. The number of benzene rings is 1. The molecule has 0 aromatic heterocycles. The number of amides is 1. The summed E-state index contributed by atoms with van der Waals surface area (Å²) >= 11 is 0. The van der Waals surface area contributed by atoms with Crippen LogP contribution in [-0.4, -0.2) is 25.6 Å². The van der Waals surface area contributed by atoms with Gasteiger partial charge in [0.25, 0.3) is 0 Å². The Labute approximate surface area is 101 Å². The number of methoxy groups -OCH3 is 1. The van der Waals surface area contributed by atoms with Crippen molar-refractivity contribution in [2.24, 2.45) is 5.73 Å². The van der Waals surface area contributed by atoms with Crippen molar-refractivity contribution in [1.29, 1.82) is 0 Å². The molecule has 0 aliphatic carbocycles. The van der Waals surface area contributed by atoms with E-state index in [0.29, 0.717) is 0 Å². The minimum atomic E-state index is -0.355. The Hall–Kier alpha value is -1.55. The normalized spacial score (nSPS) is 20.5. The lowest BCUT2D eigenvalue weighted by Gasteiger charge is -2.30. The van der Waals surface area contributed by atoms with Gasteiger partial charge in [-0.15, -0.1) is 0 Å². The standard InChI is InChI=1S/C13H18N2O2/c1-9-8-10(5-6-12(9)17-2)15-7-3-4-11(14)13(15)16/h5-6,8,11H,3-4,7,14H2,1-2H3. The lowest BCUT2D eigenvalue weighted by Crippen LogP contribution is -2.48. The van der Waals surface area contributed by atoms with Gasteiger partial charge in [0.2, 0.25) is 5.91 Å². The third-order valence-corrected chi connectivity index (χ3v) is 3.17. The van der Waals surface area contributed by atoms with Crippen molar-refractivity contribution in [3.63, 3.8) is 0 Å². The Balaban J connectivity index is 2.27. The van der Waals surface area contributed by atoms with Crippen molar-refractivity contribution in [3.8, 4) is 5.75 Å². The lowest BCUT2D eigenvalue weighted by atomic mass is 10.0. The number of aryl methyl sites for hydroxylation is 1. The van der Waals surface area contributed by atoms with Crippen molar-refractivity contribution in [3.05, 3.63) is 23.8 Å². The van der Waals surface area contributed by atoms with Crippen LogP contribution in [0.25, 0.3) is 0 Å². The van der Waals surface area contributed by atoms with Gasteiger partial charge in [-0.3, -0.25) is 4.79 Å². The van der Waals surface area contributed by atoms with Crippen LogP contribution >= 0.6 is 0 Å². The van der Waals surface area contributed by atoms with Gasteiger partial charge in [-0.1, -0.05) is 0 Å². The zero-order chi connectivity index (χ0) is 12.4. The molecule has 1 fully saturated rings. The van der Waals surface area contributed by atoms with E-state index in [1.807, 2.05) is 25.1 Å². The molecule has 0 spiro atoms. The molecular formula is C13H18N2O2. The fraction of sp³-hybridized carbons (Fsp3) is 0.462. The number of piperidine rings is 1. The van der Waals surface area contributed by atoms with Crippen LogP contribution in [0.4, 0.5) is 5.69 Å². The maximum atomic E-state index is 12.0. The summed E-state index contributed by atoms with van der Waals surface area (Å²) in [6.07, 6.45) is 1.74. The van der Waals surface area contributed by atoms with Gasteiger partial charge in [0.15, 0.2) is 0 Å². The molecular weight excluding hydrogens is 216 g/mol. The smallest absolute Gasteiger partial charge is 0.243 e. The van der Waals surface area contributed by atoms with Gasteiger partial charge in [-0.05, 0) is 43.5 Å². The van der Waals surface area contributed by atoms with Crippen LogP contribution in [0.2, 0.25) is 0 Å².